The Morgan fingerprint density at radius 1 is 1.33 bits per heavy atom. The predicted molar refractivity (Wildman–Crippen MR) is 74.2 cm³/mol. The minimum absolute atomic E-state index is 0.111. The quantitative estimate of drug-likeness (QED) is 0.661. The predicted octanol–water partition coefficient (Wildman–Crippen LogP) is 0.407. The van der Waals surface area contributed by atoms with Crippen molar-refractivity contribution < 1.29 is 8.42 Å². The minimum atomic E-state index is -3.39. The topological polar surface area (TPSA) is 84.2 Å². The van der Waals surface area contributed by atoms with E-state index in [1.54, 1.807) is 24.3 Å². The van der Waals surface area contributed by atoms with Crippen molar-refractivity contribution in [2.75, 3.05) is 0 Å². The SMILES string of the molecule is NC(=S)c1ccc(CNS(=O)(=O)NC2CC2)cc1. The molecule has 0 amide bonds. The summed E-state index contributed by atoms with van der Waals surface area (Å²) in [6, 6.07) is 7.27. The minimum Gasteiger partial charge on any atom is -0.389 e. The number of nitrogens with two attached hydrogens (primary N) is 1. The molecule has 1 aromatic rings. The van der Waals surface area contributed by atoms with E-state index in [4.69, 9.17) is 18.0 Å². The molecule has 0 aliphatic heterocycles. The highest BCUT2D eigenvalue weighted by atomic mass is 32.2. The summed E-state index contributed by atoms with van der Waals surface area (Å²) in [5.74, 6) is 0. The number of hydrogen-bond acceptors (Lipinski definition) is 3. The van der Waals surface area contributed by atoms with Crippen LogP contribution in [0.5, 0.6) is 0 Å². The lowest BCUT2D eigenvalue weighted by molar-refractivity contribution is 0.565. The Kier molecular flexibility index (Phi) is 3.96. The fraction of sp³-hybridized carbons (Fsp3) is 0.364. The molecule has 7 heteroatoms. The van der Waals surface area contributed by atoms with E-state index in [0.717, 1.165) is 24.0 Å². The third-order valence-electron chi connectivity index (χ3n) is 2.60. The third kappa shape index (κ3) is 4.02. The summed E-state index contributed by atoms with van der Waals surface area (Å²) in [5.41, 5.74) is 7.11. The molecule has 0 heterocycles. The van der Waals surface area contributed by atoms with Crippen molar-refractivity contribution in [2.45, 2.75) is 25.4 Å². The van der Waals surface area contributed by atoms with Gasteiger partial charge in [0.15, 0.2) is 0 Å². The van der Waals surface area contributed by atoms with Crippen molar-refractivity contribution in [3.8, 4) is 0 Å². The first-order chi connectivity index (χ1) is 8.46. The van der Waals surface area contributed by atoms with E-state index in [9.17, 15) is 8.42 Å². The van der Waals surface area contributed by atoms with Gasteiger partial charge in [-0.1, -0.05) is 36.5 Å². The Bertz CT molecular complexity index is 536. The molecule has 5 nitrogen and oxygen atoms in total. The molecule has 1 aliphatic rings. The fourth-order valence-electron chi connectivity index (χ4n) is 1.43. The standard InChI is InChI=1S/C11H15N3O2S2/c12-11(17)9-3-1-8(2-4-9)7-13-18(15,16)14-10-5-6-10/h1-4,10,13-14H,5-7H2,(H2,12,17). The number of benzene rings is 1. The van der Waals surface area contributed by atoms with Gasteiger partial charge in [-0.2, -0.15) is 17.9 Å². The van der Waals surface area contributed by atoms with E-state index in [2.05, 4.69) is 9.44 Å². The molecule has 1 saturated carbocycles. The van der Waals surface area contributed by atoms with Gasteiger partial charge in [0.1, 0.15) is 4.99 Å². The maximum Gasteiger partial charge on any atom is 0.277 e. The summed E-state index contributed by atoms with van der Waals surface area (Å²) in [4.78, 5) is 0.331. The van der Waals surface area contributed by atoms with Gasteiger partial charge >= 0.3 is 0 Å². The van der Waals surface area contributed by atoms with Crippen LogP contribution in [0.15, 0.2) is 24.3 Å². The zero-order valence-electron chi connectivity index (χ0n) is 9.72. The number of nitrogens with one attached hydrogen (secondary N) is 2. The molecule has 1 fully saturated rings. The highest BCUT2D eigenvalue weighted by molar-refractivity contribution is 7.87. The molecule has 98 valence electrons. The molecule has 0 atom stereocenters. The molecule has 0 spiro atoms. The zero-order chi connectivity index (χ0) is 13.2. The van der Waals surface area contributed by atoms with Crippen LogP contribution in [0, 0.1) is 0 Å². The van der Waals surface area contributed by atoms with Crippen LogP contribution in [0.4, 0.5) is 0 Å². The lowest BCUT2D eigenvalue weighted by Crippen LogP contribution is -2.37. The molecule has 2 rings (SSSR count). The molecule has 0 saturated heterocycles. The zero-order valence-corrected chi connectivity index (χ0v) is 11.4. The van der Waals surface area contributed by atoms with Crippen LogP contribution in [0.2, 0.25) is 0 Å². The number of rotatable bonds is 6. The van der Waals surface area contributed by atoms with Gasteiger partial charge in [0.25, 0.3) is 10.2 Å². The monoisotopic (exact) mass is 285 g/mol. The fourth-order valence-corrected chi connectivity index (χ4v) is 2.68. The van der Waals surface area contributed by atoms with Crippen LogP contribution >= 0.6 is 12.2 Å². The van der Waals surface area contributed by atoms with Crippen molar-refractivity contribution >= 4 is 27.4 Å². The first-order valence-electron chi connectivity index (χ1n) is 5.62. The second kappa shape index (κ2) is 5.31. The first-order valence-corrected chi connectivity index (χ1v) is 7.51. The maximum atomic E-state index is 11.6. The maximum absolute atomic E-state index is 11.6. The highest BCUT2D eigenvalue weighted by Crippen LogP contribution is 2.19. The molecule has 0 bridgehead atoms. The first kappa shape index (κ1) is 13.4. The van der Waals surface area contributed by atoms with Crippen LogP contribution in [0.1, 0.15) is 24.0 Å². The molecule has 0 unspecified atom stereocenters. The molecule has 4 N–H and O–H groups in total. The Morgan fingerprint density at radius 2 is 1.94 bits per heavy atom. The normalized spacial score (nSPS) is 15.6. The summed E-state index contributed by atoms with van der Waals surface area (Å²) >= 11 is 4.84. The summed E-state index contributed by atoms with van der Waals surface area (Å²) < 4.78 is 28.2. The summed E-state index contributed by atoms with van der Waals surface area (Å²) in [6.07, 6.45) is 1.84. The Hall–Kier alpha value is -1.02. The van der Waals surface area contributed by atoms with Crippen LogP contribution in [-0.4, -0.2) is 19.4 Å². The average Bonchev–Trinajstić information content (AvgIpc) is 3.10. The Balaban J connectivity index is 1.91. The second-order valence-electron chi connectivity index (χ2n) is 4.28. The number of thiocarbonyl (C=S) groups is 1. The van der Waals surface area contributed by atoms with Crippen LogP contribution in [0.25, 0.3) is 0 Å². The van der Waals surface area contributed by atoms with Gasteiger partial charge in [-0.25, -0.2) is 0 Å². The van der Waals surface area contributed by atoms with Gasteiger partial charge in [0.05, 0.1) is 0 Å². The molecule has 1 aromatic carbocycles. The number of hydrogen-bond donors (Lipinski definition) is 3. The molecule has 0 aromatic heterocycles. The van der Waals surface area contributed by atoms with Crippen molar-refractivity contribution in [1.82, 2.24) is 9.44 Å². The van der Waals surface area contributed by atoms with Gasteiger partial charge in [-0.3, -0.25) is 0 Å². The molecule has 18 heavy (non-hydrogen) atoms. The van der Waals surface area contributed by atoms with Crippen molar-refractivity contribution in [1.29, 1.82) is 0 Å². The summed E-state index contributed by atoms with van der Waals surface area (Å²) in [7, 11) is -3.39. The van der Waals surface area contributed by atoms with E-state index in [0.29, 0.717) is 4.99 Å². The third-order valence-corrected chi connectivity index (χ3v) is 4.01. The van der Waals surface area contributed by atoms with E-state index < -0.39 is 10.2 Å². The van der Waals surface area contributed by atoms with Crippen LogP contribution in [-0.2, 0) is 16.8 Å². The van der Waals surface area contributed by atoms with E-state index in [1.807, 2.05) is 0 Å². The Morgan fingerprint density at radius 3 is 2.44 bits per heavy atom. The molecule has 0 radical (unpaired) electrons. The van der Waals surface area contributed by atoms with E-state index in [-0.39, 0.29) is 12.6 Å². The van der Waals surface area contributed by atoms with Crippen LogP contribution < -0.4 is 15.2 Å². The van der Waals surface area contributed by atoms with Gasteiger partial charge < -0.3 is 5.73 Å². The van der Waals surface area contributed by atoms with Crippen molar-refractivity contribution in [3.63, 3.8) is 0 Å². The molecular formula is C11H15N3O2S2. The van der Waals surface area contributed by atoms with Crippen LogP contribution in [0.3, 0.4) is 0 Å². The molecule has 1 aliphatic carbocycles. The smallest absolute Gasteiger partial charge is 0.277 e. The summed E-state index contributed by atoms with van der Waals surface area (Å²) in [5, 5.41) is 0. The largest absolute Gasteiger partial charge is 0.389 e. The Labute approximate surface area is 112 Å². The van der Waals surface area contributed by atoms with Gasteiger partial charge in [0, 0.05) is 18.2 Å². The van der Waals surface area contributed by atoms with Gasteiger partial charge in [-0.05, 0) is 18.4 Å². The van der Waals surface area contributed by atoms with E-state index >= 15 is 0 Å². The summed E-state index contributed by atoms with van der Waals surface area (Å²) in [6.45, 7) is 0.250. The average molecular weight is 285 g/mol. The highest BCUT2D eigenvalue weighted by Gasteiger charge is 2.26. The van der Waals surface area contributed by atoms with E-state index in [1.165, 1.54) is 0 Å². The molecular weight excluding hydrogens is 270 g/mol. The van der Waals surface area contributed by atoms with Gasteiger partial charge in [-0.15, -0.1) is 0 Å². The lowest BCUT2D eigenvalue weighted by atomic mass is 10.1. The lowest BCUT2D eigenvalue weighted by Gasteiger charge is -2.07. The second-order valence-corrected chi connectivity index (χ2v) is 6.25. The van der Waals surface area contributed by atoms with Crippen molar-refractivity contribution in [3.05, 3.63) is 35.4 Å². The van der Waals surface area contributed by atoms with Crippen molar-refractivity contribution in [2.24, 2.45) is 5.73 Å². The van der Waals surface area contributed by atoms with Gasteiger partial charge in [0.2, 0.25) is 0 Å².